The van der Waals surface area contributed by atoms with Crippen molar-refractivity contribution in [1.29, 1.82) is 0 Å². The van der Waals surface area contributed by atoms with Crippen LogP contribution < -0.4 is 4.74 Å². The van der Waals surface area contributed by atoms with Crippen LogP contribution in [0.15, 0.2) is 17.0 Å². The van der Waals surface area contributed by atoms with Crippen LogP contribution in [0.1, 0.15) is 56.1 Å². The van der Waals surface area contributed by atoms with E-state index in [-0.39, 0.29) is 11.5 Å². The summed E-state index contributed by atoms with van der Waals surface area (Å²) >= 11 is 4.61. The molecule has 3 aliphatic rings. The fourth-order valence-electron chi connectivity index (χ4n) is 5.72. The number of ether oxygens (including phenoxy) is 1. The van der Waals surface area contributed by atoms with Crippen LogP contribution in [0, 0.1) is 17.3 Å². The van der Waals surface area contributed by atoms with Gasteiger partial charge in [0.1, 0.15) is 5.75 Å². The van der Waals surface area contributed by atoms with Gasteiger partial charge in [-0.2, -0.15) is 0 Å². The molecule has 1 aromatic rings. The number of aryl methyl sites for hydroxylation is 1. The van der Waals surface area contributed by atoms with Crippen molar-refractivity contribution in [3.63, 3.8) is 0 Å². The highest BCUT2D eigenvalue weighted by Crippen LogP contribution is 2.61. The average Bonchev–Trinajstić information content (AvgIpc) is 2.82. The monoisotopic (exact) mass is 318 g/mol. The van der Waals surface area contributed by atoms with Crippen molar-refractivity contribution in [2.75, 3.05) is 7.11 Å². The first-order valence-electron chi connectivity index (χ1n) is 8.62. The van der Waals surface area contributed by atoms with E-state index in [0.29, 0.717) is 11.8 Å². The van der Waals surface area contributed by atoms with Gasteiger partial charge in [-0.3, -0.25) is 0 Å². The molecule has 2 fully saturated rings. The van der Waals surface area contributed by atoms with Crippen molar-refractivity contribution in [1.82, 2.24) is 0 Å². The zero-order valence-electron chi connectivity index (χ0n) is 13.5. The quantitative estimate of drug-likeness (QED) is 0.760. The average molecular weight is 318 g/mol. The first kappa shape index (κ1) is 14.9. The Kier molecular flexibility index (Phi) is 3.50. The molecule has 1 aromatic carbocycles. The van der Waals surface area contributed by atoms with Gasteiger partial charge in [-0.15, -0.1) is 12.6 Å². The van der Waals surface area contributed by atoms with Crippen LogP contribution >= 0.6 is 12.6 Å². The molecule has 5 atom stereocenters. The van der Waals surface area contributed by atoms with Crippen LogP contribution in [0.3, 0.4) is 0 Å². The molecule has 2 saturated carbocycles. The Morgan fingerprint density at radius 1 is 1.23 bits per heavy atom. The molecule has 3 aliphatic carbocycles. The third-order valence-corrected chi connectivity index (χ3v) is 7.32. The number of hydrogen-bond acceptors (Lipinski definition) is 3. The summed E-state index contributed by atoms with van der Waals surface area (Å²) in [5.74, 6) is 2.99. The Labute approximate surface area is 138 Å². The molecule has 120 valence electrons. The molecule has 22 heavy (non-hydrogen) atoms. The number of methoxy groups -OCH3 is 1. The summed E-state index contributed by atoms with van der Waals surface area (Å²) in [6, 6.07) is 4.45. The molecule has 0 bridgehead atoms. The molecule has 0 radical (unpaired) electrons. The molecule has 0 aliphatic heterocycles. The fraction of sp³-hybridized carbons (Fsp3) is 0.684. The minimum atomic E-state index is -0.0869. The van der Waals surface area contributed by atoms with Gasteiger partial charge in [0.2, 0.25) is 0 Å². The molecule has 2 nitrogen and oxygen atoms in total. The Morgan fingerprint density at radius 2 is 2.05 bits per heavy atom. The summed E-state index contributed by atoms with van der Waals surface area (Å²) < 4.78 is 5.44. The minimum Gasteiger partial charge on any atom is -0.496 e. The minimum absolute atomic E-state index is 0.0869. The van der Waals surface area contributed by atoms with Crippen molar-refractivity contribution in [3.8, 4) is 5.75 Å². The van der Waals surface area contributed by atoms with Gasteiger partial charge >= 0.3 is 0 Å². The lowest BCUT2D eigenvalue weighted by atomic mass is 9.55. The van der Waals surface area contributed by atoms with Crippen molar-refractivity contribution >= 4 is 12.6 Å². The second-order valence-corrected chi connectivity index (χ2v) is 8.26. The fourth-order valence-corrected chi connectivity index (χ4v) is 6.02. The number of aliphatic hydroxyl groups is 1. The number of thiol groups is 1. The van der Waals surface area contributed by atoms with Gasteiger partial charge in [-0.1, -0.05) is 6.92 Å². The predicted octanol–water partition coefficient (Wildman–Crippen LogP) is 4.20. The normalized spacial score (nSPS) is 39.8. The van der Waals surface area contributed by atoms with Gasteiger partial charge in [-0.05, 0) is 85.0 Å². The zero-order valence-corrected chi connectivity index (χ0v) is 14.4. The number of rotatable bonds is 1. The molecule has 0 saturated heterocycles. The Morgan fingerprint density at radius 3 is 2.82 bits per heavy atom. The van der Waals surface area contributed by atoms with E-state index in [1.165, 1.54) is 30.4 Å². The van der Waals surface area contributed by atoms with Gasteiger partial charge in [0.25, 0.3) is 0 Å². The Balaban J connectivity index is 1.71. The van der Waals surface area contributed by atoms with Crippen LogP contribution in [0.4, 0.5) is 0 Å². The highest BCUT2D eigenvalue weighted by Gasteiger charge is 2.54. The van der Waals surface area contributed by atoms with Crippen molar-refractivity contribution in [2.45, 2.75) is 62.4 Å². The molecule has 1 N–H and O–H groups in total. The molecule has 0 unspecified atom stereocenters. The van der Waals surface area contributed by atoms with Crippen molar-refractivity contribution < 1.29 is 9.84 Å². The van der Waals surface area contributed by atoms with Gasteiger partial charge in [0.15, 0.2) is 0 Å². The Bertz CT molecular complexity index is 599. The SMILES string of the molecule is COc1cc2c(cc1S)[C@H]1CC[C@]3(C)[C@@H](O)CC[C@H]3[C@@H]1CC2. The first-order chi connectivity index (χ1) is 10.5. The summed E-state index contributed by atoms with van der Waals surface area (Å²) in [5, 5.41) is 10.5. The molecular weight excluding hydrogens is 292 g/mol. The predicted molar refractivity (Wildman–Crippen MR) is 90.9 cm³/mol. The van der Waals surface area contributed by atoms with Gasteiger partial charge in [0, 0.05) is 4.90 Å². The topological polar surface area (TPSA) is 29.5 Å². The van der Waals surface area contributed by atoms with E-state index in [0.717, 1.165) is 35.8 Å². The maximum atomic E-state index is 10.5. The lowest BCUT2D eigenvalue weighted by Crippen LogP contribution is -2.43. The molecule has 0 spiro atoms. The summed E-state index contributed by atoms with van der Waals surface area (Å²) in [4.78, 5) is 0.960. The van der Waals surface area contributed by atoms with E-state index in [1.807, 2.05) is 0 Å². The highest BCUT2D eigenvalue weighted by molar-refractivity contribution is 7.80. The summed E-state index contributed by atoms with van der Waals surface area (Å²) in [6.07, 6.45) is 6.89. The second-order valence-electron chi connectivity index (χ2n) is 7.78. The summed E-state index contributed by atoms with van der Waals surface area (Å²) in [5.41, 5.74) is 3.12. The van der Waals surface area contributed by atoms with Crippen LogP contribution in [-0.4, -0.2) is 18.3 Å². The third-order valence-electron chi connectivity index (χ3n) is 6.97. The van der Waals surface area contributed by atoms with Crippen LogP contribution in [-0.2, 0) is 6.42 Å². The number of benzene rings is 1. The number of hydrogen-bond donors (Lipinski definition) is 2. The first-order valence-corrected chi connectivity index (χ1v) is 9.07. The summed E-state index contributed by atoms with van der Waals surface area (Å²) in [6.45, 7) is 2.33. The highest BCUT2D eigenvalue weighted by atomic mass is 32.1. The molecule has 0 amide bonds. The third kappa shape index (κ3) is 1.98. The van der Waals surface area contributed by atoms with E-state index in [2.05, 4.69) is 31.7 Å². The maximum Gasteiger partial charge on any atom is 0.132 e. The molecule has 0 aromatic heterocycles. The smallest absolute Gasteiger partial charge is 0.132 e. The second kappa shape index (κ2) is 5.17. The van der Waals surface area contributed by atoms with Gasteiger partial charge < -0.3 is 9.84 Å². The van der Waals surface area contributed by atoms with E-state index >= 15 is 0 Å². The molecule has 0 heterocycles. The van der Waals surface area contributed by atoms with Crippen molar-refractivity contribution in [2.24, 2.45) is 17.3 Å². The van der Waals surface area contributed by atoms with Crippen molar-refractivity contribution in [3.05, 3.63) is 23.3 Å². The lowest BCUT2D eigenvalue weighted by molar-refractivity contribution is -0.0226. The zero-order chi connectivity index (χ0) is 15.5. The van der Waals surface area contributed by atoms with E-state index < -0.39 is 0 Å². The van der Waals surface area contributed by atoms with Crippen LogP contribution in [0.2, 0.25) is 0 Å². The van der Waals surface area contributed by atoms with Gasteiger partial charge in [0.05, 0.1) is 13.2 Å². The summed E-state index contributed by atoms with van der Waals surface area (Å²) in [7, 11) is 1.72. The molecule has 4 rings (SSSR count). The number of aliphatic hydroxyl groups excluding tert-OH is 1. The van der Waals surface area contributed by atoms with E-state index in [1.54, 1.807) is 7.11 Å². The maximum absolute atomic E-state index is 10.5. The van der Waals surface area contributed by atoms with Gasteiger partial charge in [-0.25, -0.2) is 0 Å². The molecule has 3 heteroatoms. The van der Waals surface area contributed by atoms with E-state index in [9.17, 15) is 5.11 Å². The Hall–Kier alpha value is -0.670. The largest absolute Gasteiger partial charge is 0.496 e. The standard InChI is InChI=1S/C19H26O2S/c1-19-8-7-12-13(15(19)5-6-18(19)20)4-3-11-9-16(21-2)17(22)10-14(11)12/h9-10,12-13,15,18,20,22H,3-8H2,1-2H3/t12-,13+,15-,18-,19-/m0/s1. The van der Waals surface area contributed by atoms with E-state index in [4.69, 9.17) is 4.74 Å². The van der Waals surface area contributed by atoms with Crippen LogP contribution in [0.5, 0.6) is 5.75 Å². The number of fused-ring (bicyclic) bond motifs is 5. The lowest BCUT2D eigenvalue weighted by Gasteiger charge is -2.50. The molecular formula is C19H26O2S. The van der Waals surface area contributed by atoms with Crippen LogP contribution in [0.25, 0.3) is 0 Å².